The molecular formula is C53H62Cl2FN7O10S. The normalized spacial score (nSPS) is 17.8. The fourth-order valence-corrected chi connectivity index (χ4v) is 10.9. The number of ether oxygens (including phenoxy) is 8. The highest BCUT2D eigenvalue weighted by Gasteiger charge is 2.33. The lowest BCUT2D eigenvalue weighted by Gasteiger charge is -2.39. The van der Waals surface area contributed by atoms with Gasteiger partial charge in [-0.15, -0.1) is 11.3 Å². The van der Waals surface area contributed by atoms with Gasteiger partial charge in [0.2, 0.25) is 11.8 Å². The molecule has 17 nitrogen and oxygen atoms in total. The molecule has 74 heavy (non-hydrogen) atoms. The van der Waals surface area contributed by atoms with Gasteiger partial charge in [-0.25, -0.2) is 24.3 Å². The van der Waals surface area contributed by atoms with Crippen molar-refractivity contribution in [2.24, 2.45) is 5.92 Å². The Labute approximate surface area is 444 Å². The molecule has 21 heteroatoms. The maximum absolute atomic E-state index is 14.4. The molecule has 2 atom stereocenters. The second-order valence-corrected chi connectivity index (χ2v) is 20.4. The summed E-state index contributed by atoms with van der Waals surface area (Å²) in [6, 6.07) is 13.4. The van der Waals surface area contributed by atoms with E-state index in [4.69, 9.17) is 66.1 Å². The van der Waals surface area contributed by atoms with Crippen LogP contribution in [0.1, 0.15) is 22.4 Å². The number of aliphatic hydroxyl groups is 2. The number of fused-ring (bicyclic) bond motifs is 7. The van der Waals surface area contributed by atoms with E-state index in [9.17, 15) is 14.6 Å². The number of aromatic nitrogens is 4. The summed E-state index contributed by atoms with van der Waals surface area (Å²) in [5, 5.41) is 23.3. The number of piperazine rings is 1. The van der Waals surface area contributed by atoms with Crippen molar-refractivity contribution in [2.75, 3.05) is 118 Å². The van der Waals surface area contributed by atoms with Crippen LogP contribution in [0, 0.1) is 25.6 Å². The molecule has 2 fully saturated rings. The molecule has 4 bridgehead atoms. The topological polar surface area (TPSA) is 176 Å². The van der Waals surface area contributed by atoms with Gasteiger partial charge in [0.25, 0.3) is 0 Å². The standard InChI is InChI=1S/C53H62Cl2FN7O10S/c1-32-43-33(2)47(55)48(46(32)54)72-40(27-62-15-13-61(3)14-16-62)30-70-39-9-10-41(71-29-38-11-12-57-53(60-38)63-25-34(26-63)28-69-22-21-68-20-19-67-18-17-66-4)36(23-39)24-42(52(64)65)73-50-45-44(43)49(74-51(45)59-31-58-50)35-5-7-37(56)8-6-35/h5-12,23,31,34,40,42,52,64-65H,13-22,24-30H2,1-4H3/t40-,42-/m1/s1. The lowest BCUT2D eigenvalue weighted by atomic mass is 9.92. The molecule has 2 saturated heterocycles. The van der Waals surface area contributed by atoms with Crippen molar-refractivity contribution >= 4 is 50.7 Å². The van der Waals surface area contributed by atoms with Gasteiger partial charge in [-0.1, -0.05) is 35.3 Å². The Bertz CT molecular complexity index is 2810. The van der Waals surface area contributed by atoms with Crippen LogP contribution in [0.4, 0.5) is 10.3 Å². The Balaban J connectivity index is 0.992. The summed E-state index contributed by atoms with van der Waals surface area (Å²) < 4.78 is 62.8. The maximum atomic E-state index is 14.4. The highest BCUT2D eigenvalue weighted by molar-refractivity contribution is 7.22. The number of thiophene rings is 1. The molecule has 0 aliphatic carbocycles. The summed E-state index contributed by atoms with van der Waals surface area (Å²) in [4.78, 5) is 26.6. The molecule has 396 valence electrons. The van der Waals surface area contributed by atoms with Crippen LogP contribution in [0.3, 0.4) is 0 Å². The van der Waals surface area contributed by atoms with Crippen LogP contribution < -0.4 is 23.8 Å². The van der Waals surface area contributed by atoms with Crippen molar-refractivity contribution in [2.45, 2.75) is 45.4 Å². The van der Waals surface area contributed by atoms with Crippen LogP contribution in [0.5, 0.6) is 23.1 Å². The average Bonchev–Trinajstić information content (AvgIpc) is 3.77. The van der Waals surface area contributed by atoms with Crippen molar-refractivity contribution in [1.29, 1.82) is 0 Å². The molecule has 10 rings (SSSR count). The van der Waals surface area contributed by atoms with Crippen LogP contribution >= 0.6 is 34.5 Å². The van der Waals surface area contributed by atoms with E-state index in [1.165, 1.54) is 29.8 Å². The smallest absolute Gasteiger partial charge is 0.226 e. The quantitative estimate of drug-likeness (QED) is 0.0611. The van der Waals surface area contributed by atoms with Crippen LogP contribution in [0.25, 0.3) is 31.8 Å². The first-order valence-electron chi connectivity index (χ1n) is 24.7. The molecule has 0 radical (unpaired) electrons. The summed E-state index contributed by atoms with van der Waals surface area (Å²) in [6.45, 7) is 13.2. The van der Waals surface area contributed by atoms with Gasteiger partial charge in [0, 0.05) is 87.5 Å². The van der Waals surface area contributed by atoms with E-state index in [2.05, 4.69) is 36.7 Å². The highest BCUT2D eigenvalue weighted by Crippen LogP contribution is 2.53. The number of likely N-dealkylation sites (N-methyl/N-ethyl adjacent to an activating group) is 1. The summed E-state index contributed by atoms with van der Waals surface area (Å²) in [7, 11) is 3.75. The minimum absolute atomic E-state index is 0.0487. The number of hydrogen-bond acceptors (Lipinski definition) is 18. The zero-order valence-electron chi connectivity index (χ0n) is 41.9. The van der Waals surface area contributed by atoms with E-state index in [0.717, 1.165) is 44.1 Å². The van der Waals surface area contributed by atoms with Gasteiger partial charge in [0.1, 0.15) is 47.8 Å². The zero-order chi connectivity index (χ0) is 51.7. The molecule has 6 aromatic rings. The Morgan fingerprint density at radius 1 is 0.851 bits per heavy atom. The fraction of sp³-hybridized carbons (Fsp3) is 0.472. The lowest BCUT2D eigenvalue weighted by molar-refractivity contribution is -0.112. The Hall–Kier alpha value is -5.03. The first-order valence-corrected chi connectivity index (χ1v) is 26.3. The summed E-state index contributed by atoms with van der Waals surface area (Å²) >= 11 is 16.1. The fourth-order valence-electron chi connectivity index (χ4n) is 9.21. The van der Waals surface area contributed by atoms with Gasteiger partial charge in [0.05, 0.1) is 67.4 Å². The second kappa shape index (κ2) is 25.2. The molecule has 4 aliphatic heterocycles. The minimum Gasteiger partial charge on any atom is -0.490 e. The third-order valence-electron chi connectivity index (χ3n) is 13.3. The van der Waals surface area contributed by atoms with Crippen LogP contribution in [-0.4, -0.2) is 171 Å². The van der Waals surface area contributed by atoms with E-state index in [1.54, 1.807) is 49.7 Å². The van der Waals surface area contributed by atoms with Crippen LogP contribution in [0.15, 0.2) is 61.1 Å². The Morgan fingerprint density at radius 3 is 2.28 bits per heavy atom. The molecule has 0 saturated carbocycles. The third kappa shape index (κ3) is 13.0. The van der Waals surface area contributed by atoms with E-state index in [1.807, 2.05) is 13.8 Å². The van der Waals surface area contributed by atoms with Crippen LogP contribution in [0.2, 0.25) is 10.0 Å². The maximum Gasteiger partial charge on any atom is 0.226 e. The van der Waals surface area contributed by atoms with Gasteiger partial charge in [-0.2, -0.15) is 0 Å². The van der Waals surface area contributed by atoms with Crippen molar-refractivity contribution < 1.29 is 52.5 Å². The largest absolute Gasteiger partial charge is 0.490 e. The number of methoxy groups -OCH3 is 1. The van der Waals surface area contributed by atoms with Crippen molar-refractivity contribution in [3.63, 3.8) is 0 Å². The predicted molar refractivity (Wildman–Crippen MR) is 281 cm³/mol. The summed E-state index contributed by atoms with van der Waals surface area (Å²) in [5.74, 6) is 1.88. The van der Waals surface area contributed by atoms with Gasteiger partial charge in [-0.05, 0) is 79.5 Å². The minimum atomic E-state index is -1.98. The number of hydrogen-bond donors (Lipinski definition) is 2. The van der Waals surface area contributed by atoms with Gasteiger partial charge in [-0.3, -0.25) is 4.90 Å². The lowest BCUT2D eigenvalue weighted by Crippen LogP contribution is -2.49. The monoisotopic (exact) mass is 1080 g/mol. The Kier molecular flexibility index (Phi) is 18.3. The number of halogens is 3. The van der Waals surface area contributed by atoms with Gasteiger partial charge in [0.15, 0.2) is 18.1 Å². The van der Waals surface area contributed by atoms with Gasteiger partial charge >= 0.3 is 0 Å². The molecule has 7 heterocycles. The predicted octanol–water partition coefficient (Wildman–Crippen LogP) is 7.28. The van der Waals surface area contributed by atoms with E-state index in [0.29, 0.717) is 141 Å². The third-order valence-corrected chi connectivity index (χ3v) is 15.3. The number of benzene rings is 3. The SMILES string of the molecule is COCCOCCOCCOCC1CN(c2nccc(COc3ccc4cc3C[C@H](C(O)O)Oc3ncnc5sc(-c6ccc(F)cc6)c(c35)-c3c(C)c(Cl)c(c(Cl)c3C)O[C@H](CN3CCN(C)CC3)CO4)n2)C1. The molecule has 0 spiro atoms. The van der Waals surface area contributed by atoms with Crippen molar-refractivity contribution in [1.82, 2.24) is 29.7 Å². The van der Waals surface area contributed by atoms with E-state index in [-0.39, 0.29) is 31.3 Å². The number of anilines is 1. The molecular weight excluding hydrogens is 1020 g/mol. The van der Waals surface area contributed by atoms with Crippen molar-refractivity contribution in [3.05, 3.63) is 99.3 Å². The van der Waals surface area contributed by atoms with Crippen molar-refractivity contribution in [3.8, 4) is 44.7 Å². The molecule has 2 N–H and O–H groups in total. The molecule has 3 aromatic carbocycles. The molecule has 4 aliphatic rings. The second-order valence-electron chi connectivity index (χ2n) is 18.7. The molecule has 3 aromatic heterocycles. The highest BCUT2D eigenvalue weighted by atomic mass is 35.5. The van der Waals surface area contributed by atoms with Crippen LogP contribution in [-0.2, 0) is 32.0 Å². The summed E-state index contributed by atoms with van der Waals surface area (Å²) in [6.07, 6.45) is -0.757. The number of aliphatic hydroxyl groups excluding tert-OH is 1. The molecule has 0 amide bonds. The zero-order valence-corrected chi connectivity index (χ0v) is 44.3. The first kappa shape index (κ1) is 53.8. The average molecular weight is 1080 g/mol. The van der Waals surface area contributed by atoms with E-state index < -0.39 is 18.5 Å². The Morgan fingerprint density at radius 2 is 1.57 bits per heavy atom. The molecule has 0 unspecified atom stereocenters. The number of rotatable bonds is 19. The van der Waals surface area contributed by atoms with E-state index >= 15 is 0 Å². The number of nitrogens with zero attached hydrogens (tertiary/aromatic N) is 7. The first-order chi connectivity index (χ1) is 35.9. The van der Waals surface area contributed by atoms with Gasteiger partial charge < -0.3 is 57.9 Å². The summed E-state index contributed by atoms with van der Waals surface area (Å²) in [5.41, 5.74) is 4.58.